The molecule has 0 amide bonds. The number of aryl methyl sites for hydroxylation is 2. The van der Waals surface area contributed by atoms with E-state index in [1.165, 1.54) is 0 Å². The molecule has 0 radical (unpaired) electrons. The second-order valence-electron chi connectivity index (χ2n) is 5.04. The number of hydrogen-bond acceptors (Lipinski definition) is 4. The Hall–Kier alpha value is -1.37. The summed E-state index contributed by atoms with van der Waals surface area (Å²) in [5.41, 5.74) is 0. The first-order valence-corrected chi connectivity index (χ1v) is 6.64. The van der Waals surface area contributed by atoms with Crippen molar-refractivity contribution in [2.45, 2.75) is 12.6 Å². The number of aromatic nitrogens is 4. The summed E-state index contributed by atoms with van der Waals surface area (Å²) in [6.45, 7) is 3.84. The molecule has 7 heteroatoms. The van der Waals surface area contributed by atoms with Crippen molar-refractivity contribution in [1.82, 2.24) is 29.3 Å². The lowest BCUT2D eigenvalue weighted by molar-refractivity contribution is 0.140. The number of nitrogens with zero attached hydrogens (tertiary/aromatic N) is 5. The molecule has 110 valence electrons. The van der Waals surface area contributed by atoms with Crippen LogP contribution in [0.25, 0.3) is 0 Å². The zero-order chi connectivity index (χ0) is 13.2. The molecule has 3 rings (SSSR count). The Bertz CT molecular complexity index is 549. The van der Waals surface area contributed by atoms with Gasteiger partial charge in [-0.3, -0.25) is 4.90 Å². The van der Waals surface area contributed by atoms with E-state index in [-0.39, 0.29) is 12.4 Å². The molecule has 0 saturated carbocycles. The van der Waals surface area contributed by atoms with E-state index in [4.69, 9.17) is 0 Å². The lowest BCUT2D eigenvalue weighted by Crippen LogP contribution is -2.46. The minimum absolute atomic E-state index is 0. The van der Waals surface area contributed by atoms with Crippen LogP contribution in [-0.2, 0) is 20.6 Å². The molecule has 1 saturated heterocycles. The van der Waals surface area contributed by atoms with Crippen LogP contribution in [0.15, 0.2) is 24.8 Å². The standard InChI is InChI=1S/C13H20N6.ClH/c1-17-6-4-15-12(17)10-19-8-3-14-9-11(19)13-16-5-7-18(13)2;/h4-7,11,14H,3,8-10H2,1-2H3;1H. The molecule has 2 aromatic heterocycles. The fourth-order valence-corrected chi connectivity index (χ4v) is 2.62. The monoisotopic (exact) mass is 296 g/mol. The number of halogens is 1. The van der Waals surface area contributed by atoms with Crippen LogP contribution in [0, 0.1) is 0 Å². The molecule has 1 aliphatic rings. The van der Waals surface area contributed by atoms with Crippen LogP contribution in [0.2, 0.25) is 0 Å². The van der Waals surface area contributed by atoms with E-state index >= 15 is 0 Å². The summed E-state index contributed by atoms with van der Waals surface area (Å²) in [6, 6.07) is 0.311. The lowest BCUT2D eigenvalue weighted by Gasteiger charge is -2.35. The molecule has 0 spiro atoms. The highest BCUT2D eigenvalue weighted by atomic mass is 35.5. The SMILES string of the molecule is Cl.Cn1ccnc1CN1CCNCC1c1nccn1C. The molecule has 0 aromatic carbocycles. The van der Waals surface area contributed by atoms with Crippen LogP contribution in [0.1, 0.15) is 17.7 Å². The molecule has 1 N–H and O–H groups in total. The minimum Gasteiger partial charge on any atom is -0.337 e. The number of rotatable bonds is 3. The van der Waals surface area contributed by atoms with Crippen molar-refractivity contribution in [3.05, 3.63) is 36.4 Å². The van der Waals surface area contributed by atoms with Crippen LogP contribution in [0.4, 0.5) is 0 Å². The third-order valence-corrected chi connectivity index (χ3v) is 3.78. The van der Waals surface area contributed by atoms with E-state index < -0.39 is 0 Å². The first-order chi connectivity index (χ1) is 9.25. The van der Waals surface area contributed by atoms with Crippen molar-refractivity contribution in [3.63, 3.8) is 0 Å². The van der Waals surface area contributed by atoms with Crippen molar-refractivity contribution < 1.29 is 0 Å². The quantitative estimate of drug-likeness (QED) is 0.907. The largest absolute Gasteiger partial charge is 0.337 e. The van der Waals surface area contributed by atoms with Crippen molar-refractivity contribution in [2.75, 3.05) is 19.6 Å². The van der Waals surface area contributed by atoms with Crippen molar-refractivity contribution in [3.8, 4) is 0 Å². The maximum absolute atomic E-state index is 4.50. The Morgan fingerprint density at radius 2 is 1.95 bits per heavy atom. The number of hydrogen-bond donors (Lipinski definition) is 1. The van der Waals surface area contributed by atoms with E-state index in [1.54, 1.807) is 0 Å². The van der Waals surface area contributed by atoms with Crippen LogP contribution in [0.5, 0.6) is 0 Å². The minimum atomic E-state index is 0. The van der Waals surface area contributed by atoms with E-state index in [0.29, 0.717) is 6.04 Å². The molecule has 1 unspecified atom stereocenters. The summed E-state index contributed by atoms with van der Waals surface area (Å²) in [5.74, 6) is 2.21. The molecular formula is C13H21ClN6. The molecule has 3 heterocycles. The van der Waals surface area contributed by atoms with Crippen LogP contribution >= 0.6 is 12.4 Å². The fourth-order valence-electron chi connectivity index (χ4n) is 2.62. The summed E-state index contributed by atoms with van der Waals surface area (Å²) in [5, 5.41) is 3.45. The smallest absolute Gasteiger partial charge is 0.127 e. The maximum Gasteiger partial charge on any atom is 0.127 e. The second-order valence-corrected chi connectivity index (χ2v) is 5.04. The predicted octanol–water partition coefficient (Wildman–Crippen LogP) is 0.722. The van der Waals surface area contributed by atoms with Crippen molar-refractivity contribution in [2.24, 2.45) is 14.1 Å². The Morgan fingerprint density at radius 3 is 2.60 bits per heavy atom. The molecule has 6 nitrogen and oxygen atoms in total. The van der Waals surface area contributed by atoms with Gasteiger partial charge in [-0.1, -0.05) is 0 Å². The molecule has 1 fully saturated rings. The van der Waals surface area contributed by atoms with Gasteiger partial charge in [0, 0.05) is 58.5 Å². The van der Waals surface area contributed by atoms with E-state index in [9.17, 15) is 0 Å². The summed E-state index contributed by atoms with van der Waals surface area (Å²) >= 11 is 0. The van der Waals surface area contributed by atoms with Crippen LogP contribution in [0.3, 0.4) is 0 Å². The van der Waals surface area contributed by atoms with Crippen LogP contribution in [-0.4, -0.2) is 43.6 Å². The normalized spacial score (nSPS) is 19.8. The van der Waals surface area contributed by atoms with Gasteiger partial charge in [0.2, 0.25) is 0 Å². The van der Waals surface area contributed by atoms with Gasteiger partial charge in [0.15, 0.2) is 0 Å². The van der Waals surface area contributed by atoms with E-state index in [0.717, 1.165) is 37.8 Å². The Balaban J connectivity index is 0.00000147. The van der Waals surface area contributed by atoms with Crippen molar-refractivity contribution in [1.29, 1.82) is 0 Å². The van der Waals surface area contributed by atoms with Gasteiger partial charge < -0.3 is 14.5 Å². The van der Waals surface area contributed by atoms with Gasteiger partial charge in [-0.2, -0.15) is 0 Å². The molecule has 2 aromatic rings. The zero-order valence-electron chi connectivity index (χ0n) is 11.9. The molecule has 0 aliphatic carbocycles. The Labute approximate surface area is 125 Å². The van der Waals surface area contributed by atoms with Gasteiger partial charge in [0.1, 0.15) is 11.6 Å². The zero-order valence-corrected chi connectivity index (χ0v) is 12.7. The third-order valence-electron chi connectivity index (χ3n) is 3.78. The molecule has 1 atom stereocenters. The summed E-state index contributed by atoms with van der Waals surface area (Å²) < 4.78 is 4.18. The van der Waals surface area contributed by atoms with Gasteiger partial charge in [0.05, 0.1) is 12.6 Å². The maximum atomic E-state index is 4.50. The Kier molecular flexibility index (Phi) is 4.80. The average Bonchev–Trinajstić information content (AvgIpc) is 3.00. The fraction of sp³-hybridized carbons (Fsp3) is 0.538. The lowest BCUT2D eigenvalue weighted by atomic mass is 10.1. The van der Waals surface area contributed by atoms with Gasteiger partial charge >= 0.3 is 0 Å². The number of imidazole rings is 2. The molecular weight excluding hydrogens is 276 g/mol. The summed E-state index contributed by atoms with van der Waals surface area (Å²) in [6.07, 6.45) is 7.71. The highest BCUT2D eigenvalue weighted by molar-refractivity contribution is 5.85. The topological polar surface area (TPSA) is 50.9 Å². The third kappa shape index (κ3) is 2.87. The Morgan fingerprint density at radius 1 is 1.20 bits per heavy atom. The predicted molar refractivity (Wildman–Crippen MR) is 79.7 cm³/mol. The first-order valence-electron chi connectivity index (χ1n) is 6.64. The summed E-state index contributed by atoms with van der Waals surface area (Å²) in [7, 11) is 4.09. The molecule has 1 aliphatic heterocycles. The first kappa shape index (κ1) is 15.0. The van der Waals surface area contributed by atoms with Gasteiger partial charge in [0.25, 0.3) is 0 Å². The average molecular weight is 297 g/mol. The van der Waals surface area contributed by atoms with E-state index in [1.807, 2.05) is 31.8 Å². The van der Waals surface area contributed by atoms with Crippen LogP contribution < -0.4 is 5.32 Å². The van der Waals surface area contributed by atoms with Gasteiger partial charge in [-0.15, -0.1) is 12.4 Å². The molecule has 0 bridgehead atoms. The van der Waals surface area contributed by atoms with Crippen molar-refractivity contribution >= 4 is 12.4 Å². The number of nitrogens with one attached hydrogen (secondary N) is 1. The second kappa shape index (κ2) is 6.39. The highest BCUT2D eigenvalue weighted by Gasteiger charge is 2.27. The highest BCUT2D eigenvalue weighted by Crippen LogP contribution is 2.21. The summed E-state index contributed by atoms with van der Waals surface area (Å²) in [4.78, 5) is 11.4. The number of piperazine rings is 1. The van der Waals surface area contributed by atoms with Gasteiger partial charge in [-0.05, 0) is 0 Å². The van der Waals surface area contributed by atoms with E-state index in [2.05, 4.69) is 36.4 Å². The van der Waals surface area contributed by atoms with Gasteiger partial charge in [-0.25, -0.2) is 9.97 Å². The molecule has 20 heavy (non-hydrogen) atoms.